The predicted molar refractivity (Wildman–Crippen MR) is 84.4 cm³/mol. The molecule has 118 valence electrons. The van der Waals surface area contributed by atoms with Gasteiger partial charge in [-0.25, -0.2) is 5.01 Å². The van der Waals surface area contributed by atoms with Crippen LogP contribution in [0.1, 0.15) is 71.1 Å². The Hall–Kier alpha value is -0.870. The molecular formula is C16H32N2O2. The Labute approximate surface area is 124 Å². The number of unbranched alkanes of at least 4 members (excludes halogenated alkanes) is 6. The Morgan fingerprint density at radius 1 is 1.20 bits per heavy atom. The van der Waals surface area contributed by atoms with E-state index in [-0.39, 0.29) is 6.04 Å². The van der Waals surface area contributed by atoms with Crippen molar-refractivity contribution in [1.29, 1.82) is 0 Å². The molecule has 0 aliphatic heterocycles. The van der Waals surface area contributed by atoms with Gasteiger partial charge in [0, 0.05) is 19.0 Å². The molecule has 1 unspecified atom stereocenters. The maximum Gasteiger partial charge on any atom is 0.303 e. The highest BCUT2D eigenvalue weighted by Crippen LogP contribution is 2.12. The SMILES string of the molecule is C=CC(CCCCCCCC(=O)O)N(N)CCCCC. The molecule has 0 saturated carbocycles. The van der Waals surface area contributed by atoms with Crippen molar-refractivity contribution in [1.82, 2.24) is 5.01 Å². The fraction of sp³-hybridized carbons (Fsp3) is 0.812. The maximum absolute atomic E-state index is 10.4. The van der Waals surface area contributed by atoms with Crippen molar-refractivity contribution in [3.63, 3.8) is 0 Å². The van der Waals surface area contributed by atoms with Gasteiger partial charge in [0.25, 0.3) is 0 Å². The lowest BCUT2D eigenvalue weighted by Crippen LogP contribution is -2.40. The van der Waals surface area contributed by atoms with Crippen LogP contribution in [0.5, 0.6) is 0 Å². The molecule has 4 nitrogen and oxygen atoms in total. The molecular weight excluding hydrogens is 252 g/mol. The van der Waals surface area contributed by atoms with E-state index in [1.807, 2.05) is 11.1 Å². The molecule has 0 aromatic rings. The summed E-state index contributed by atoms with van der Waals surface area (Å²) in [5.74, 6) is 5.37. The standard InChI is InChI=1S/C16H32N2O2/c1-3-5-11-14-18(17)15(4-2)12-9-7-6-8-10-13-16(19)20/h4,15H,2-3,5-14,17H2,1H3,(H,19,20). The smallest absolute Gasteiger partial charge is 0.303 e. The van der Waals surface area contributed by atoms with Crippen LogP contribution in [0.4, 0.5) is 0 Å². The average Bonchev–Trinajstić information content (AvgIpc) is 2.41. The van der Waals surface area contributed by atoms with Crippen molar-refractivity contribution in [2.75, 3.05) is 6.54 Å². The van der Waals surface area contributed by atoms with Gasteiger partial charge in [-0.05, 0) is 19.3 Å². The van der Waals surface area contributed by atoms with Gasteiger partial charge in [0.2, 0.25) is 0 Å². The molecule has 1 atom stereocenters. The Bertz CT molecular complexity index is 257. The number of rotatable bonds is 14. The van der Waals surface area contributed by atoms with Gasteiger partial charge in [-0.1, -0.05) is 51.5 Å². The van der Waals surface area contributed by atoms with Gasteiger partial charge in [0.1, 0.15) is 0 Å². The molecule has 0 heterocycles. The van der Waals surface area contributed by atoms with E-state index in [1.54, 1.807) is 0 Å². The number of hydrogen-bond donors (Lipinski definition) is 2. The molecule has 0 aromatic carbocycles. The van der Waals surface area contributed by atoms with E-state index in [9.17, 15) is 4.79 Å². The fourth-order valence-corrected chi connectivity index (χ4v) is 2.29. The number of nitrogens with zero attached hydrogens (tertiary/aromatic N) is 1. The van der Waals surface area contributed by atoms with Crippen LogP contribution in [-0.2, 0) is 4.79 Å². The number of hydrazine groups is 1. The molecule has 0 spiro atoms. The fourth-order valence-electron chi connectivity index (χ4n) is 2.29. The van der Waals surface area contributed by atoms with Gasteiger partial charge < -0.3 is 5.11 Å². The molecule has 0 amide bonds. The zero-order valence-corrected chi connectivity index (χ0v) is 13.0. The average molecular weight is 284 g/mol. The summed E-state index contributed by atoms with van der Waals surface area (Å²) in [6.07, 6.45) is 12.0. The number of hydrogen-bond acceptors (Lipinski definition) is 3. The van der Waals surface area contributed by atoms with Crippen molar-refractivity contribution in [3.8, 4) is 0 Å². The Morgan fingerprint density at radius 2 is 1.85 bits per heavy atom. The van der Waals surface area contributed by atoms with Crippen LogP contribution in [0.25, 0.3) is 0 Å². The minimum atomic E-state index is -0.692. The van der Waals surface area contributed by atoms with E-state index in [0.717, 1.165) is 51.5 Å². The van der Waals surface area contributed by atoms with E-state index in [2.05, 4.69) is 13.5 Å². The second-order valence-corrected chi connectivity index (χ2v) is 5.45. The van der Waals surface area contributed by atoms with Crippen molar-refractivity contribution in [3.05, 3.63) is 12.7 Å². The number of carboxylic acid groups (broad SMARTS) is 1. The van der Waals surface area contributed by atoms with Crippen molar-refractivity contribution < 1.29 is 9.90 Å². The van der Waals surface area contributed by atoms with Crippen LogP contribution in [0.2, 0.25) is 0 Å². The molecule has 0 saturated heterocycles. The van der Waals surface area contributed by atoms with Gasteiger partial charge in [-0.15, -0.1) is 6.58 Å². The van der Waals surface area contributed by atoms with E-state index in [0.29, 0.717) is 6.42 Å². The van der Waals surface area contributed by atoms with Crippen LogP contribution in [0.15, 0.2) is 12.7 Å². The number of carboxylic acids is 1. The molecule has 0 fully saturated rings. The van der Waals surface area contributed by atoms with Crippen LogP contribution in [-0.4, -0.2) is 28.7 Å². The highest BCUT2D eigenvalue weighted by Gasteiger charge is 2.10. The van der Waals surface area contributed by atoms with E-state index >= 15 is 0 Å². The Kier molecular flexibility index (Phi) is 12.6. The normalized spacial score (nSPS) is 12.6. The second kappa shape index (κ2) is 13.1. The molecule has 20 heavy (non-hydrogen) atoms. The molecule has 0 aromatic heterocycles. The molecule has 0 aliphatic carbocycles. The minimum absolute atomic E-state index is 0.269. The van der Waals surface area contributed by atoms with Gasteiger partial charge in [0.15, 0.2) is 0 Å². The third kappa shape index (κ3) is 11.0. The van der Waals surface area contributed by atoms with Gasteiger partial charge in [-0.3, -0.25) is 10.6 Å². The zero-order chi connectivity index (χ0) is 15.2. The first-order chi connectivity index (χ1) is 9.61. The van der Waals surface area contributed by atoms with E-state index < -0.39 is 5.97 Å². The highest BCUT2D eigenvalue weighted by molar-refractivity contribution is 5.66. The van der Waals surface area contributed by atoms with Crippen molar-refractivity contribution >= 4 is 5.97 Å². The zero-order valence-electron chi connectivity index (χ0n) is 13.0. The van der Waals surface area contributed by atoms with Crippen molar-refractivity contribution in [2.24, 2.45) is 5.84 Å². The molecule has 4 heteroatoms. The Balaban J connectivity index is 3.58. The van der Waals surface area contributed by atoms with Crippen LogP contribution in [0.3, 0.4) is 0 Å². The third-order valence-corrected chi connectivity index (χ3v) is 3.61. The topological polar surface area (TPSA) is 66.6 Å². The van der Waals surface area contributed by atoms with Gasteiger partial charge in [-0.2, -0.15) is 0 Å². The minimum Gasteiger partial charge on any atom is -0.481 e. The Morgan fingerprint density at radius 3 is 2.45 bits per heavy atom. The molecule has 0 radical (unpaired) electrons. The summed E-state index contributed by atoms with van der Waals surface area (Å²) >= 11 is 0. The molecule has 3 N–H and O–H groups in total. The summed E-state index contributed by atoms with van der Waals surface area (Å²) in [6, 6.07) is 0.269. The number of aliphatic carboxylic acids is 1. The summed E-state index contributed by atoms with van der Waals surface area (Å²) in [6.45, 7) is 7.00. The van der Waals surface area contributed by atoms with Crippen molar-refractivity contribution in [2.45, 2.75) is 77.2 Å². The van der Waals surface area contributed by atoms with E-state index in [4.69, 9.17) is 10.9 Å². The number of nitrogens with two attached hydrogens (primary N) is 1. The predicted octanol–water partition coefficient (Wildman–Crippen LogP) is 3.72. The third-order valence-electron chi connectivity index (χ3n) is 3.61. The second-order valence-electron chi connectivity index (χ2n) is 5.45. The van der Waals surface area contributed by atoms with Crippen LogP contribution in [0, 0.1) is 0 Å². The summed E-state index contributed by atoms with van der Waals surface area (Å²) in [4.78, 5) is 10.4. The monoisotopic (exact) mass is 284 g/mol. The quantitative estimate of drug-likeness (QED) is 0.221. The largest absolute Gasteiger partial charge is 0.481 e. The lowest BCUT2D eigenvalue weighted by Gasteiger charge is -2.24. The lowest BCUT2D eigenvalue weighted by atomic mass is 10.0. The van der Waals surface area contributed by atoms with Crippen LogP contribution < -0.4 is 5.84 Å². The number of carbonyl (C=O) groups is 1. The summed E-state index contributed by atoms with van der Waals surface area (Å²) < 4.78 is 0. The molecule has 0 aliphatic rings. The first-order valence-electron chi connectivity index (χ1n) is 7.97. The maximum atomic E-state index is 10.4. The summed E-state index contributed by atoms with van der Waals surface area (Å²) in [5, 5.41) is 10.4. The van der Waals surface area contributed by atoms with E-state index in [1.165, 1.54) is 12.8 Å². The van der Waals surface area contributed by atoms with Gasteiger partial charge in [0.05, 0.1) is 0 Å². The summed E-state index contributed by atoms with van der Waals surface area (Å²) in [7, 11) is 0. The first-order valence-corrected chi connectivity index (χ1v) is 7.97. The summed E-state index contributed by atoms with van der Waals surface area (Å²) in [5.41, 5.74) is 0. The molecule has 0 rings (SSSR count). The highest BCUT2D eigenvalue weighted by atomic mass is 16.4. The van der Waals surface area contributed by atoms with Crippen LogP contribution >= 0.6 is 0 Å². The van der Waals surface area contributed by atoms with Gasteiger partial charge >= 0.3 is 5.97 Å². The first kappa shape index (κ1) is 19.1. The molecule has 0 bridgehead atoms. The lowest BCUT2D eigenvalue weighted by molar-refractivity contribution is -0.137.